The first-order valence-electron chi connectivity index (χ1n) is 12.7. The fraction of sp³-hybridized carbons (Fsp3) is 0.556. The maximum atomic E-state index is 5.15. The van der Waals surface area contributed by atoms with Gasteiger partial charge in [-0.05, 0) is 70.3 Å². The molecular formula is C27H38N6. The third-order valence-electron chi connectivity index (χ3n) is 7.69. The van der Waals surface area contributed by atoms with E-state index in [4.69, 9.17) is 9.97 Å². The maximum Gasteiger partial charge on any atom is 0.138 e. The molecule has 2 fully saturated rings. The van der Waals surface area contributed by atoms with Gasteiger partial charge in [0, 0.05) is 44.6 Å². The highest BCUT2D eigenvalue weighted by molar-refractivity contribution is 5.53. The van der Waals surface area contributed by atoms with Gasteiger partial charge < -0.3 is 4.90 Å². The molecular weight excluding hydrogens is 408 g/mol. The number of fused-ring (bicyclic) bond motifs is 1. The molecule has 2 atom stereocenters. The van der Waals surface area contributed by atoms with Crippen molar-refractivity contribution in [2.45, 2.75) is 65.1 Å². The fourth-order valence-electron chi connectivity index (χ4n) is 5.85. The van der Waals surface area contributed by atoms with Gasteiger partial charge in [0.2, 0.25) is 0 Å². The van der Waals surface area contributed by atoms with Gasteiger partial charge in [0.05, 0.1) is 23.5 Å². The van der Waals surface area contributed by atoms with Crippen molar-refractivity contribution in [2.24, 2.45) is 0 Å². The molecule has 2 aliphatic heterocycles. The molecule has 3 aromatic heterocycles. The molecule has 5 heterocycles. The van der Waals surface area contributed by atoms with Crippen molar-refractivity contribution in [3.8, 4) is 0 Å². The van der Waals surface area contributed by atoms with Crippen LogP contribution in [0.2, 0.25) is 0 Å². The number of anilines is 1. The van der Waals surface area contributed by atoms with Crippen LogP contribution in [0.1, 0.15) is 69.1 Å². The number of aryl methyl sites for hydroxylation is 1. The molecule has 5 rings (SSSR count). The van der Waals surface area contributed by atoms with E-state index in [1.54, 1.807) is 0 Å². The number of imidazole rings is 1. The topological polar surface area (TPSA) is 39.9 Å². The SMILES string of the molecule is CCN1C(c2cn3c(N4CCN(C(C)C)CC4)cccc3n2)CCC[C@H]1c1ncccc1C. The van der Waals surface area contributed by atoms with Gasteiger partial charge in [-0.3, -0.25) is 19.2 Å². The van der Waals surface area contributed by atoms with Crippen LogP contribution in [-0.4, -0.2) is 62.9 Å². The molecule has 6 nitrogen and oxygen atoms in total. The summed E-state index contributed by atoms with van der Waals surface area (Å²) in [5, 5.41) is 0. The fourth-order valence-corrected chi connectivity index (χ4v) is 5.85. The minimum Gasteiger partial charge on any atom is -0.355 e. The zero-order valence-corrected chi connectivity index (χ0v) is 20.6. The smallest absolute Gasteiger partial charge is 0.138 e. The van der Waals surface area contributed by atoms with Crippen LogP contribution < -0.4 is 4.90 Å². The Morgan fingerprint density at radius 1 is 1.00 bits per heavy atom. The van der Waals surface area contributed by atoms with Crippen molar-refractivity contribution in [2.75, 3.05) is 37.6 Å². The van der Waals surface area contributed by atoms with E-state index in [1.807, 2.05) is 12.3 Å². The number of hydrogen-bond acceptors (Lipinski definition) is 5. The average molecular weight is 447 g/mol. The van der Waals surface area contributed by atoms with Gasteiger partial charge in [0.15, 0.2) is 0 Å². The van der Waals surface area contributed by atoms with Crippen LogP contribution in [-0.2, 0) is 0 Å². The summed E-state index contributed by atoms with van der Waals surface area (Å²) in [6, 6.07) is 12.1. The Morgan fingerprint density at radius 3 is 2.52 bits per heavy atom. The lowest BCUT2D eigenvalue weighted by Crippen LogP contribution is -2.49. The Labute approximate surface area is 198 Å². The standard InChI is InChI=1S/C27H38N6/c1-5-32-23(10-6-11-24(32)27-21(4)9-8-14-28-27)22-19-33-25(29-22)12-7-13-26(33)31-17-15-30(16-18-31)20(2)3/h7-9,12-14,19-20,23-24H,5-6,10-11,15-18H2,1-4H3/t23?,24-/m0/s1. The Bertz CT molecular complexity index is 1080. The van der Waals surface area contributed by atoms with Crippen molar-refractivity contribution in [3.63, 3.8) is 0 Å². The first-order valence-corrected chi connectivity index (χ1v) is 12.7. The minimum atomic E-state index is 0.334. The predicted molar refractivity (Wildman–Crippen MR) is 135 cm³/mol. The van der Waals surface area contributed by atoms with Gasteiger partial charge in [-0.15, -0.1) is 0 Å². The second-order valence-electron chi connectivity index (χ2n) is 9.89. The molecule has 0 N–H and O–H groups in total. The van der Waals surface area contributed by atoms with Crippen molar-refractivity contribution < 1.29 is 0 Å². The highest BCUT2D eigenvalue weighted by Crippen LogP contribution is 2.41. The highest BCUT2D eigenvalue weighted by Gasteiger charge is 2.34. The molecule has 3 aromatic rings. The lowest BCUT2D eigenvalue weighted by molar-refractivity contribution is 0.0834. The van der Waals surface area contributed by atoms with Gasteiger partial charge in [-0.2, -0.15) is 0 Å². The number of likely N-dealkylation sites (tertiary alicyclic amines) is 1. The van der Waals surface area contributed by atoms with Crippen molar-refractivity contribution in [1.29, 1.82) is 0 Å². The van der Waals surface area contributed by atoms with E-state index in [0.717, 1.165) is 44.8 Å². The number of piperazine rings is 1. The largest absolute Gasteiger partial charge is 0.355 e. The molecule has 33 heavy (non-hydrogen) atoms. The summed E-state index contributed by atoms with van der Waals surface area (Å²) in [5.74, 6) is 1.27. The molecule has 6 heteroatoms. The second-order valence-corrected chi connectivity index (χ2v) is 9.89. The molecule has 2 saturated heterocycles. The third-order valence-corrected chi connectivity index (χ3v) is 7.69. The van der Waals surface area contributed by atoms with E-state index in [-0.39, 0.29) is 0 Å². The summed E-state index contributed by atoms with van der Waals surface area (Å²) < 4.78 is 2.32. The quantitative estimate of drug-likeness (QED) is 0.560. The Hall–Kier alpha value is -2.44. The predicted octanol–water partition coefficient (Wildman–Crippen LogP) is 4.86. The molecule has 0 radical (unpaired) electrons. The molecule has 0 bridgehead atoms. The number of pyridine rings is 2. The van der Waals surface area contributed by atoms with Gasteiger partial charge in [0.25, 0.3) is 0 Å². The zero-order valence-electron chi connectivity index (χ0n) is 20.6. The van der Waals surface area contributed by atoms with E-state index in [9.17, 15) is 0 Å². The Morgan fingerprint density at radius 2 is 1.79 bits per heavy atom. The number of hydrogen-bond donors (Lipinski definition) is 0. The zero-order chi connectivity index (χ0) is 22.9. The second kappa shape index (κ2) is 9.43. The summed E-state index contributed by atoms with van der Waals surface area (Å²) in [6.07, 6.45) is 7.78. The maximum absolute atomic E-state index is 5.15. The van der Waals surface area contributed by atoms with E-state index in [2.05, 4.69) is 77.3 Å². The molecule has 1 unspecified atom stereocenters. The van der Waals surface area contributed by atoms with Crippen LogP contribution in [0.15, 0.2) is 42.7 Å². The monoisotopic (exact) mass is 446 g/mol. The lowest BCUT2D eigenvalue weighted by atomic mass is 9.90. The van der Waals surface area contributed by atoms with Gasteiger partial charge >= 0.3 is 0 Å². The van der Waals surface area contributed by atoms with Crippen molar-refractivity contribution >= 4 is 11.5 Å². The van der Waals surface area contributed by atoms with Crippen LogP contribution in [0.4, 0.5) is 5.82 Å². The number of rotatable bonds is 5. The number of piperidine rings is 1. The van der Waals surface area contributed by atoms with E-state index >= 15 is 0 Å². The van der Waals surface area contributed by atoms with Crippen LogP contribution in [0, 0.1) is 6.92 Å². The van der Waals surface area contributed by atoms with Gasteiger partial charge in [-0.25, -0.2) is 4.98 Å². The summed E-state index contributed by atoms with van der Waals surface area (Å²) in [5.41, 5.74) is 4.78. The minimum absolute atomic E-state index is 0.334. The van der Waals surface area contributed by atoms with Crippen LogP contribution in [0.3, 0.4) is 0 Å². The molecule has 2 aliphatic rings. The van der Waals surface area contributed by atoms with Crippen LogP contribution in [0.5, 0.6) is 0 Å². The summed E-state index contributed by atoms with van der Waals surface area (Å²) in [4.78, 5) is 17.7. The van der Waals surface area contributed by atoms with Crippen molar-refractivity contribution in [1.82, 2.24) is 24.2 Å². The molecule has 0 aromatic carbocycles. The summed E-state index contributed by atoms with van der Waals surface area (Å²) in [6.45, 7) is 14.4. The molecule has 176 valence electrons. The summed E-state index contributed by atoms with van der Waals surface area (Å²) >= 11 is 0. The highest BCUT2D eigenvalue weighted by atomic mass is 15.3. The Kier molecular flexibility index (Phi) is 6.39. The first-order chi connectivity index (χ1) is 16.1. The van der Waals surface area contributed by atoms with Crippen molar-refractivity contribution in [3.05, 3.63) is 59.7 Å². The molecule has 0 saturated carbocycles. The van der Waals surface area contributed by atoms with Gasteiger partial charge in [-0.1, -0.05) is 19.1 Å². The van der Waals surface area contributed by atoms with E-state index in [0.29, 0.717) is 18.1 Å². The summed E-state index contributed by atoms with van der Waals surface area (Å²) in [7, 11) is 0. The molecule has 0 amide bonds. The number of aromatic nitrogens is 3. The first kappa shape index (κ1) is 22.4. The average Bonchev–Trinajstić information content (AvgIpc) is 3.28. The van der Waals surface area contributed by atoms with Gasteiger partial charge in [0.1, 0.15) is 11.5 Å². The van der Waals surface area contributed by atoms with E-state index < -0.39 is 0 Å². The third kappa shape index (κ3) is 4.26. The molecule has 0 aliphatic carbocycles. The molecule has 0 spiro atoms. The van der Waals surface area contributed by atoms with Crippen LogP contribution >= 0.6 is 0 Å². The lowest BCUT2D eigenvalue weighted by Gasteiger charge is -2.41. The Balaban J connectivity index is 1.44. The van der Waals surface area contributed by atoms with Crippen LogP contribution in [0.25, 0.3) is 5.65 Å². The number of nitrogens with zero attached hydrogens (tertiary/aromatic N) is 6. The normalized spacial score (nSPS) is 23.0. The van der Waals surface area contributed by atoms with E-state index in [1.165, 1.54) is 35.6 Å².